The zero-order chi connectivity index (χ0) is 26.6. The minimum atomic E-state index is -0.466. The van der Waals surface area contributed by atoms with Crippen LogP contribution in [-0.2, 0) is 22.3 Å². The molecule has 0 bridgehead atoms. The molecule has 6 heteroatoms. The molecule has 1 aliphatic rings. The third-order valence-corrected chi connectivity index (χ3v) is 7.03. The summed E-state index contributed by atoms with van der Waals surface area (Å²) in [7, 11) is 0.654. The summed E-state index contributed by atoms with van der Waals surface area (Å²) in [6.45, 7) is 10.7. The van der Waals surface area contributed by atoms with E-state index in [1.54, 1.807) is 0 Å². The van der Waals surface area contributed by atoms with Crippen LogP contribution in [0.4, 0.5) is 5.69 Å². The Bertz CT molecular complexity index is 1040. The number of piperidine rings is 1. The van der Waals surface area contributed by atoms with Gasteiger partial charge in [0.2, 0.25) is 0 Å². The van der Waals surface area contributed by atoms with Crippen molar-refractivity contribution in [1.29, 1.82) is 0 Å². The summed E-state index contributed by atoms with van der Waals surface area (Å²) in [5.41, 5.74) is 5.26. The second-order valence-corrected chi connectivity index (χ2v) is 10.7. The molecule has 1 amide bonds. The summed E-state index contributed by atoms with van der Waals surface area (Å²) in [6.07, 6.45) is 8.09. The number of benzene rings is 2. The Morgan fingerprint density at radius 2 is 1.65 bits per heavy atom. The molecule has 37 heavy (non-hydrogen) atoms. The van der Waals surface area contributed by atoms with Gasteiger partial charge in [0.1, 0.15) is 0 Å². The number of carbonyl (C=O) groups excluding carboxylic acids is 1. The first-order valence-electron chi connectivity index (χ1n) is 13.7. The molecule has 0 spiro atoms. The van der Waals surface area contributed by atoms with E-state index < -0.39 is 6.04 Å². The summed E-state index contributed by atoms with van der Waals surface area (Å²) in [5.74, 6) is 0.384. The normalized spacial score (nSPS) is 15.0. The Morgan fingerprint density at radius 1 is 1.03 bits per heavy atom. The van der Waals surface area contributed by atoms with E-state index >= 15 is 0 Å². The molecule has 1 atom stereocenters. The third kappa shape index (κ3) is 9.10. The zero-order valence-corrected chi connectivity index (χ0v) is 23.0. The van der Waals surface area contributed by atoms with E-state index in [9.17, 15) is 9.50 Å². The molecular formula is C31H42BN3O2. The van der Waals surface area contributed by atoms with Crippen molar-refractivity contribution < 1.29 is 9.50 Å². The second-order valence-electron chi connectivity index (χ2n) is 10.7. The van der Waals surface area contributed by atoms with Crippen LogP contribution in [0.1, 0.15) is 58.1 Å². The van der Waals surface area contributed by atoms with Crippen LogP contribution in [0.5, 0.6) is 0 Å². The number of rotatable bonds is 12. The topological polar surface area (TPSA) is 53.0 Å². The molecule has 3 rings (SSSR count). The van der Waals surface area contributed by atoms with Crippen molar-refractivity contribution in [3.05, 3.63) is 77.4 Å². The number of nitrogens with zero attached hydrogens (tertiary/aromatic N) is 3. The first kappa shape index (κ1) is 28.6. The van der Waals surface area contributed by atoms with Crippen molar-refractivity contribution >= 4 is 24.9 Å². The summed E-state index contributed by atoms with van der Waals surface area (Å²) in [6, 6.07) is 19.6. The Labute approximate surface area is 223 Å². The summed E-state index contributed by atoms with van der Waals surface area (Å²) >= 11 is 0. The second kappa shape index (κ2) is 14.7. The average molecular weight is 500 g/mol. The van der Waals surface area contributed by atoms with Crippen molar-refractivity contribution in [2.75, 3.05) is 24.5 Å². The van der Waals surface area contributed by atoms with Crippen LogP contribution in [0.15, 0.2) is 71.2 Å². The van der Waals surface area contributed by atoms with E-state index in [0.717, 1.165) is 45.3 Å². The first-order valence-corrected chi connectivity index (χ1v) is 13.7. The molecule has 1 fully saturated rings. The number of aryl methyl sites for hydroxylation is 2. The van der Waals surface area contributed by atoms with Crippen LogP contribution >= 0.6 is 0 Å². The van der Waals surface area contributed by atoms with Gasteiger partial charge in [-0.1, -0.05) is 30.3 Å². The van der Waals surface area contributed by atoms with Crippen LogP contribution in [-0.4, -0.2) is 55.8 Å². The fraction of sp³-hybridized carbons (Fsp3) is 0.484. The molecular weight excluding hydrogens is 457 g/mol. The van der Waals surface area contributed by atoms with E-state index in [2.05, 4.69) is 98.3 Å². The monoisotopic (exact) mass is 499 g/mol. The first-order chi connectivity index (χ1) is 17.9. The zero-order valence-electron chi connectivity index (χ0n) is 23.0. The Morgan fingerprint density at radius 3 is 2.22 bits per heavy atom. The van der Waals surface area contributed by atoms with Gasteiger partial charge < -0.3 is 0 Å². The van der Waals surface area contributed by atoms with Crippen molar-refractivity contribution in [2.24, 2.45) is 10.9 Å². The molecule has 0 unspecified atom stereocenters. The molecule has 0 N–H and O–H groups in total. The predicted molar refractivity (Wildman–Crippen MR) is 155 cm³/mol. The number of amides is 1. The van der Waals surface area contributed by atoms with Gasteiger partial charge in [-0.05, 0) is 37.8 Å². The number of allylic oxidation sites excluding steroid dienone is 1. The van der Waals surface area contributed by atoms with E-state index in [4.69, 9.17) is 0 Å². The number of hydrogen-bond acceptors (Lipinski definition) is 4. The van der Waals surface area contributed by atoms with E-state index in [0.29, 0.717) is 25.5 Å². The standard InChI is InChI=1S/C31H42BN3O2/c1-24(2)16-21-35(28-14-12-27(13-15-28)11-10-26-8-6-5-7-9-26)29-17-19-34(20-18-29)31(36)30(22-25(3)4)33-23-32-37/h5-9,12-16,23,25,29-30H,10-11,17-22H2,1-4H3/t30-/m0/s1. The summed E-state index contributed by atoms with van der Waals surface area (Å²) in [4.78, 5) is 21.9. The van der Waals surface area contributed by atoms with Crippen molar-refractivity contribution in [3.63, 3.8) is 0 Å². The molecule has 196 valence electrons. The Balaban J connectivity index is 1.65. The molecule has 0 radical (unpaired) electrons. The molecule has 5 nitrogen and oxygen atoms in total. The van der Waals surface area contributed by atoms with Gasteiger partial charge >= 0.3 is 156 Å². The number of likely N-dealkylation sites (tertiary alicyclic amines) is 1. The SMILES string of the molecule is CC(C)=CCN(c1ccc(CCc2ccccc2)cc1)C1CCN(C(=O)[C@H](CC(C)C)N=CB=O)CC1. The van der Waals surface area contributed by atoms with Gasteiger partial charge in [0.05, 0.1) is 0 Å². The van der Waals surface area contributed by atoms with Crippen LogP contribution in [0.2, 0.25) is 0 Å². The van der Waals surface area contributed by atoms with Crippen LogP contribution < -0.4 is 4.90 Å². The molecule has 1 saturated heterocycles. The maximum atomic E-state index is 13.2. The number of anilines is 1. The maximum absolute atomic E-state index is 13.2. The van der Waals surface area contributed by atoms with Crippen molar-refractivity contribution in [2.45, 2.75) is 71.9 Å². The fourth-order valence-corrected chi connectivity index (χ4v) is 4.95. The van der Waals surface area contributed by atoms with Crippen LogP contribution in [0.3, 0.4) is 0 Å². The number of carbonyl (C=O) groups is 1. The molecule has 2 aromatic carbocycles. The Hall–Kier alpha value is -3.02. The Kier molecular flexibility index (Phi) is 11.3. The van der Waals surface area contributed by atoms with Gasteiger partial charge in [0.15, 0.2) is 0 Å². The predicted octanol–water partition coefficient (Wildman–Crippen LogP) is 5.73. The summed E-state index contributed by atoms with van der Waals surface area (Å²) in [5, 5.41) is 0. The van der Waals surface area contributed by atoms with E-state index in [1.807, 2.05) is 4.90 Å². The molecule has 0 aromatic heterocycles. The van der Waals surface area contributed by atoms with E-state index in [1.165, 1.54) is 28.5 Å². The quantitative estimate of drug-likeness (QED) is 0.213. The van der Waals surface area contributed by atoms with Crippen molar-refractivity contribution in [1.82, 2.24) is 4.90 Å². The van der Waals surface area contributed by atoms with Gasteiger partial charge in [0, 0.05) is 0 Å². The van der Waals surface area contributed by atoms with Crippen molar-refractivity contribution in [3.8, 4) is 0 Å². The van der Waals surface area contributed by atoms with E-state index in [-0.39, 0.29) is 5.91 Å². The molecule has 0 aliphatic carbocycles. The van der Waals surface area contributed by atoms with Gasteiger partial charge in [-0.3, -0.25) is 0 Å². The number of aliphatic imine (C=N–C) groups is 1. The molecule has 0 saturated carbocycles. The van der Waals surface area contributed by atoms with Gasteiger partial charge in [0.25, 0.3) is 0 Å². The number of hydrogen-bond donors (Lipinski definition) is 0. The third-order valence-electron chi connectivity index (χ3n) is 7.03. The molecule has 1 aliphatic heterocycles. The van der Waals surface area contributed by atoms with Gasteiger partial charge in [-0.2, -0.15) is 0 Å². The summed E-state index contributed by atoms with van der Waals surface area (Å²) < 4.78 is 10.8. The molecule has 2 aromatic rings. The molecule has 1 heterocycles. The average Bonchev–Trinajstić information content (AvgIpc) is 2.91. The van der Waals surface area contributed by atoms with Gasteiger partial charge in [-0.25, -0.2) is 0 Å². The minimum absolute atomic E-state index is 0.0452. The van der Waals surface area contributed by atoms with Crippen LogP contribution in [0, 0.1) is 5.92 Å². The van der Waals surface area contributed by atoms with Crippen LogP contribution in [0.25, 0.3) is 0 Å². The fourth-order valence-electron chi connectivity index (χ4n) is 4.95. The van der Waals surface area contributed by atoms with Gasteiger partial charge in [-0.15, -0.1) is 0 Å².